The average Bonchev–Trinajstić information content (AvgIpc) is 3.15. The molecule has 30 heavy (non-hydrogen) atoms. The van der Waals surface area contributed by atoms with Crippen molar-refractivity contribution in [2.24, 2.45) is 0 Å². The molecule has 0 amide bonds. The molecular formula is C21H17F2NO4S2. The minimum absolute atomic E-state index is 0.0552. The SMILES string of the molecule is Cc1csc(SCc2ccccc2C(=O)OCC(=O)c2ccc(OC(F)F)cc2)n1. The molecule has 156 valence electrons. The number of aromatic nitrogens is 1. The van der Waals surface area contributed by atoms with Gasteiger partial charge in [0.2, 0.25) is 0 Å². The third-order valence-corrected chi connectivity index (χ3v) is 6.11. The largest absolute Gasteiger partial charge is 0.454 e. The summed E-state index contributed by atoms with van der Waals surface area (Å²) < 4.78 is 34.7. The highest BCUT2D eigenvalue weighted by atomic mass is 32.2. The molecule has 3 rings (SSSR count). The second-order valence-corrected chi connectivity index (χ2v) is 8.18. The summed E-state index contributed by atoms with van der Waals surface area (Å²) in [4.78, 5) is 29.1. The zero-order valence-electron chi connectivity index (χ0n) is 15.8. The maximum absolute atomic E-state index is 12.5. The molecule has 9 heteroatoms. The number of hydrogen-bond donors (Lipinski definition) is 0. The fourth-order valence-corrected chi connectivity index (χ4v) is 4.35. The number of aryl methyl sites for hydroxylation is 1. The summed E-state index contributed by atoms with van der Waals surface area (Å²) in [6.07, 6.45) is 0. The van der Waals surface area contributed by atoms with E-state index >= 15 is 0 Å². The van der Waals surface area contributed by atoms with E-state index in [4.69, 9.17) is 4.74 Å². The maximum Gasteiger partial charge on any atom is 0.387 e. The number of ether oxygens (including phenoxy) is 2. The van der Waals surface area contributed by atoms with Crippen LogP contribution in [-0.4, -0.2) is 30.0 Å². The predicted molar refractivity (Wildman–Crippen MR) is 111 cm³/mol. The second-order valence-electron chi connectivity index (χ2n) is 6.10. The minimum Gasteiger partial charge on any atom is -0.454 e. The first-order valence-corrected chi connectivity index (χ1v) is 10.7. The first-order chi connectivity index (χ1) is 14.4. The highest BCUT2D eigenvalue weighted by Crippen LogP contribution is 2.27. The minimum atomic E-state index is -2.94. The Morgan fingerprint density at radius 1 is 1.13 bits per heavy atom. The topological polar surface area (TPSA) is 65.5 Å². The van der Waals surface area contributed by atoms with Gasteiger partial charge in [0.05, 0.1) is 5.56 Å². The first kappa shape index (κ1) is 21.9. The Bertz CT molecular complexity index is 1020. The van der Waals surface area contributed by atoms with Crippen molar-refractivity contribution in [2.45, 2.75) is 23.6 Å². The third kappa shape index (κ3) is 6.11. The number of alkyl halides is 2. The molecule has 1 heterocycles. The average molecular weight is 450 g/mol. The molecule has 0 atom stereocenters. The van der Waals surface area contributed by atoms with Gasteiger partial charge >= 0.3 is 12.6 Å². The molecule has 0 N–H and O–H groups in total. The van der Waals surface area contributed by atoms with Gasteiger partial charge in [0.1, 0.15) is 10.1 Å². The quantitative estimate of drug-likeness (QED) is 0.248. The molecule has 0 unspecified atom stereocenters. The van der Waals surface area contributed by atoms with E-state index in [1.807, 2.05) is 24.4 Å². The van der Waals surface area contributed by atoms with Gasteiger partial charge in [0.15, 0.2) is 12.4 Å². The summed E-state index contributed by atoms with van der Waals surface area (Å²) in [6, 6.07) is 12.2. The number of halogens is 2. The van der Waals surface area contributed by atoms with Crippen LogP contribution in [0.5, 0.6) is 5.75 Å². The zero-order chi connectivity index (χ0) is 21.5. The third-order valence-electron chi connectivity index (χ3n) is 3.92. The van der Waals surface area contributed by atoms with E-state index < -0.39 is 25.0 Å². The van der Waals surface area contributed by atoms with Gasteiger partial charge in [-0.25, -0.2) is 9.78 Å². The van der Waals surface area contributed by atoms with Crippen LogP contribution in [0.4, 0.5) is 8.78 Å². The number of esters is 1. The molecule has 0 aliphatic rings. The lowest BCUT2D eigenvalue weighted by Gasteiger charge is -2.09. The molecule has 0 bridgehead atoms. The van der Waals surface area contributed by atoms with Crippen LogP contribution in [0.15, 0.2) is 58.3 Å². The fourth-order valence-electron chi connectivity index (χ4n) is 2.50. The second kappa shape index (κ2) is 10.3. The van der Waals surface area contributed by atoms with Gasteiger partial charge in [0.25, 0.3) is 0 Å². The monoisotopic (exact) mass is 449 g/mol. The van der Waals surface area contributed by atoms with Gasteiger partial charge in [-0.2, -0.15) is 8.78 Å². The number of nitrogens with zero attached hydrogens (tertiary/aromatic N) is 1. The van der Waals surface area contributed by atoms with Crippen molar-refractivity contribution in [3.05, 3.63) is 76.3 Å². The van der Waals surface area contributed by atoms with Crippen molar-refractivity contribution in [3.63, 3.8) is 0 Å². The smallest absolute Gasteiger partial charge is 0.387 e. The van der Waals surface area contributed by atoms with Gasteiger partial charge in [-0.1, -0.05) is 30.0 Å². The number of rotatable bonds is 9. The maximum atomic E-state index is 12.5. The van der Waals surface area contributed by atoms with Crippen molar-refractivity contribution in [1.82, 2.24) is 4.98 Å². The van der Waals surface area contributed by atoms with Crippen molar-refractivity contribution < 1.29 is 27.8 Å². The molecule has 0 saturated heterocycles. The number of benzene rings is 2. The Morgan fingerprint density at radius 2 is 1.87 bits per heavy atom. The van der Waals surface area contributed by atoms with Crippen LogP contribution in [0.3, 0.4) is 0 Å². The number of carbonyl (C=O) groups is 2. The number of thioether (sulfide) groups is 1. The summed E-state index contributed by atoms with van der Waals surface area (Å²) in [7, 11) is 0. The molecule has 1 aromatic heterocycles. The van der Waals surface area contributed by atoms with E-state index in [0.29, 0.717) is 11.3 Å². The summed E-state index contributed by atoms with van der Waals surface area (Å²) in [6.45, 7) is -1.48. The molecule has 2 aromatic carbocycles. The van der Waals surface area contributed by atoms with Crippen molar-refractivity contribution in [1.29, 1.82) is 0 Å². The number of hydrogen-bond acceptors (Lipinski definition) is 7. The van der Waals surface area contributed by atoms with Crippen LogP contribution >= 0.6 is 23.1 Å². The highest BCUT2D eigenvalue weighted by Gasteiger charge is 2.16. The van der Waals surface area contributed by atoms with Gasteiger partial charge in [0, 0.05) is 22.4 Å². The van der Waals surface area contributed by atoms with Gasteiger partial charge in [-0.15, -0.1) is 11.3 Å². The van der Waals surface area contributed by atoms with Crippen LogP contribution < -0.4 is 4.74 Å². The van der Waals surface area contributed by atoms with Gasteiger partial charge < -0.3 is 9.47 Å². The van der Waals surface area contributed by atoms with E-state index in [-0.39, 0.29) is 11.3 Å². The van der Waals surface area contributed by atoms with Crippen molar-refractivity contribution in [2.75, 3.05) is 6.61 Å². The number of ketones is 1. The summed E-state index contributed by atoms with van der Waals surface area (Å²) in [5, 5.41) is 1.96. The molecule has 0 radical (unpaired) electrons. The lowest BCUT2D eigenvalue weighted by atomic mass is 10.1. The summed E-state index contributed by atoms with van der Waals surface area (Å²) in [5.74, 6) is -0.567. The molecule has 3 aromatic rings. The van der Waals surface area contributed by atoms with E-state index in [1.54, 1.807) is 12.1 Å². The van der Waals surface area contributed by atoms with Crippen molar-refractivity contribution in [3.8, 4) is 5.75 Å². The van der Waals surface area contributed by atoms with E-state index in [9.17, 15) is 18.4 Å². The Morgan fingerprint density at radius 3 is 2.53 bits per heavy atom. The lowest BCUT2D eigenvalue weighted by Crippen LogP contribution is -2.15. The molecule has 0 aliphatic heterocycles. The molecule has 0 fully saturated rings. The number of carbonyl (C=O) groups excluding carboxylic acids is 2. The predicted octanol–water partition coefficient (Wildman–Crippen LogP) is 5.38. The Hall–Kier alpha value is -2.78. The normalized spacial score (nSPS) is 10.8. The number of Topliss-reactive ketones (excluding diaryl/α,β-unsaturated/α-hetero) is 1. The Labute approximate surface area is 180 Å². The fraction of sp³-hybridized carbons (Fsp3) is 0.190. The van der Waals surface area contributed by atoms with E-state index in [0.717, 1.165) is 15.6 Å². The molecule has 0 spiro atoms. The Balaban J connectivity index is 1.58. The standard InChI is InChI=1S/C21H17F2NO4S2/c1-13-11-29-21(24-13)30-12-15-4-2-3-5-17(15)19(26)27-10-18(25)14-6-8-16(9-7-14)28-20(22)23/h2-9,11,20H,10,12H2,1H3. The van der Waals surface area contributed by atoms with E-state index in [1.165, 1.54) is 47.4 Å². The van der Waals surface area contributed by atoms with Crippen LogP contribution in [0.1, 0.15) is 32.0 Å². The summed E-state index contributed by atoms with van der Waals surface area (Å²) in [5.41, 5.74) is 2.34. The van der Waals surface area contributed by atoms with Crippen LogP contribution in [-0.2, 0) is 10.5 Å². The summed E-state index contributed by atoms with van der Waals surface area (Å²) >= 11 is 3.06. The Kier molecular flexibility index (Phi) is 7.53. The van der Waals surface area contributed by atoms with Crippen LogP contribution in [0, 0.1) is 6.92 Å². The molecular weight excluding hydrogens is 432 g/mol. The number of thiazole rings is 1. The van der Waals surface area contributed by atoms with Crippen LogP contribution in [0.2, 0.25) is 0 Å². The molecule has 5 nitrogen and oxygen atoms in total. The van der Waals surface area contributed by atoms with E-state index in [2.05, 4.69) is 9.72 Å². The molecule has 0 saturated carbocycles. The van der Waals surface area contributed by atoms with Gasteiger partial charge in [-0.05, 0) is 42.8 Å². The first-order valence-electron chi connectivity index (χ1n) is 8.80. The highest BCUT2D eigenvalue weighted by molar-refractivity contribution is 8.00. The lowest BCUT2D eigenvalue weighted by molar-refractivity contribution is -0.0498. The van der Waals surface area contributed by atoms with Crippen LogP contribution in [0.25, 0.3) is 0 Å². The van der Waals surface area contributed by atoms with Gasteiger partial charge in [-0.3, -0.25) is 4.79 Å². The molecule has 0 aliphatic carbocycles. The zero-order valence-corrected chi connectivity index (χ0v) is 17.5. The van der Waals surface area contributed by atoms with Crippen molar-refractivity contribution >= 4 is 34.9 Å².